The first-order valence-corrected chi connectivity index (χ1v) is 4.54. The molecule has 0 spiro atoms. The van der Waals surface area contributed by atoms with Gasteiger partial charge in [-0.05, 0) is 39.3 Å². The van der Waals surface area contributed by atoms with Crippen molar-refractivity contribution in [2.24, 2.45) is 0 Å². The smallest absolute Gasteiger partial charge is 0.224 e. The number of halogens is 1. The maximum atomic E-state index is 5.72. The fourth-order valence-electron chi connectivity index (χ4n) is 0.981. The van der Waals surface area contributed by atoms with Gasteiger partial charge in [0.2, 0.25) is 5.28 Å². The highest BCUT2D eigenvalue weighted by molar-refractivity contribution is 6.28. The van der Waals surface area contributed by atoms with Gasteiger partial charge in [0.25, 0.3) is 0 Å². The standard InChI is InChI=1S/C9H14ClN3/c1-6-5-7(12-8(10)11-6)13-9(2,3)4/h5H,1-4H3,(H,11,12,13). The number of nitrogens with one attached hydrogen (secondary N) is 1. The van der Waals surface area contributed by atoms with E-state index in [4.69, 9.17) is 11.6 Å². The van der Waals surface area contributed by atoms with E-state index in [0.717, 1.165) is 11.5 Å². The molecule has 0 radical (unpaired) electrons. The zero-order valence-corrected chi connectivity index (χ0v) is 9.11. The van der Waals surface area contributed by atoms with Crippen molar-refractivity contribution in [2.45, 2.75) is 33.2 Å². The minimum Gasteiger partial charge on any atom is -0.365 e. The lowest BCUT2D eigenvalue weighted by Gasteiger charge is -2.21. The van der Waals surface area contributed by atoms with Gasteiger partial charge >= 0.3 is 0 Å². The van der Waals surface area contributed by atoms with E-state index in [1.54, 1.807) is 0 Å². The average molecular weight is 200 g/mol. The van der Waals surface area contributed by atoms with Crippen LogP contribution in [0.5, 0.6) is 0 Å². The quantitative estimate of drug-likeness (QED) is 0.707. The van der Waals surface area contributed by atoms with Gasteiger partial charge in [-0.3, -0.25) is 0 Å². The second-order valence-electron chi connectivity index (χ2n) is 4.04. The van der Waals surface area contributed by atoms with Gasteiger partial charge < -0.3 is 5.32 Å². The maximum absolute atomic E-state index is 5.72. The third-order valence-corrected chi connectivity index (χ3v) is 1.50. The maximum Gasteiger partial charge on any atom is 0.224 e. The van der Waals surface area contributed by atoms with Crippen LogP contribution < -0.4 is 5.32 Å². The van der Waals surface area contributed by atoms with Crippen LogP contribution in [0.3, 0.4) is 0 Å². The lowest BCUT2D eigenvalue weighted by Crippen LogP contribution is -2.26. The van der Waals surface area contributed by atoms with E-state index in [2.05, 4.69) is 36.1 Å². The van der Waals surface area contributed by atoms with Crippen LogP contribution in [0.4, 0.5) is 5.82 Å². The van der Waals surface area contributed by atoms with Gasteiger partial charge in [0.1, 0.15) is 5.82 Å². The fourth-order valence-corrected chi connectivity index (χ4v) is 1.20. The van der Waals surface area contributed by atoms with Crippen LogP contribution in [-0.2, 0) is 0 Å². The van der Waals surface area contributed by atoms with Gasteiger partial charge in [-0.25, -0.2) is 9.97 Å². The van der Waals surface area contributed by atoms with Gasteiger partial charge in [-0.15, -0.1) is 0 Å². The Labute approximate surface area is 83.5 Å². The monoisotopic (exact) mass is 199 g/mol. The minimum atomic E-state index is -0.00980. The van der Waals surface area contributed by atoms with Crippen LogP contribution in [0.15, 0.2) is 6.07 Å². The van der Waals surface area contributed by atoms with Crippen LogP contribution in [0.25, 0.3) is 0 Å². The first kappa shape index (κ1) is 10.3. The zero-order valence-electron chi connectivity index (χ0n) is 8.35. The molecule has 0 aliphatic heterocycles. The Morgan fingerprint density at radius 1 is 1.31 bits per heavy atom. The van der Waals surface area contributed by atoms with Crippen molar-refractivity contribution in [3.05, 3.63) is 17.0 Å². The number of nitrogens with zero attached hydrogens (tertiary/aromatic N) is 2. The van der Waals surface area contributed by atoms with Crippen molar-refractivity contribution in [1.29, 1.82) is 0 Å². The molecule has 4 heteroatoms. The minimum absolute atomic E-state index is 0.00980. The van der Waals surface area contributed by atoms with Crippen LogP contribution in [0.1, 0.15) is 26.5 Å². The molecule has 1 N–H and O–H groups in total. The van der Waals surface area contributed by atoms with Gasteiger partial charge in [-0.1, -0.05) is 0 Å². The summed E-state index contributed by atoms with van der Waals surface area (Å²) in [5, 5.41) is 3.51. The SMILES string of the molecule is Cc1cc(NC(C)(C)C)nc(Cl)n1. The molecule has 0 saturated carbocycles. The average Bonchev–Trinajstić information content (AvgIpc) is 1.78. The number of hydrogen-bond acceptors (Lipinski definition) is 3. The lowest BCUT2D eigenvalue weighted by molar-refractivity contribution is 0.630. The van der Waals surface area contributed by atoms with E-state index < -0.39 is 0 Å². The number of rotatable bonds is 1. The van der Waals surface area contributed by atoms with Crippen LogP contribution in [-0.4, -0.2) is 15.5 Å². The first-order chi connectivity index (χ1) is 5.87. The molecule has 13 heavy (non-hydrogen) atoms. The van der Waals surface area contributed by atoms with Crippen molar-refractivity contribution in [3.8, 4) is 0 Å². The predicted octanol–water partition coefficient (Wildman–Crippen LogP) is 2.65. The molecule has 0 aliphatic carbocycles. The Balaban J connectivity index is 2.90. The summed E-state index contributed by atoms with van der Waals surface area (Å²) in [4.78, 5) is 8.04. The number of hydrogen-bond donors (Lipinski definition) is 1. The van der Waals surface area contributed by atoms with Crippen molar-refractivity contribution < 1.29 is 0 Å². The summed E-state index contributed by atoms with van der Waals surface area (Å²) in [5.74, 6) is 0.769. The number of aromatic nitrogens is 2. The summed E-state index contributed by atoms with van der Waals surface area (Å²) >= 11 is 5.72. The molecule has 1 rings (SSSR count). The molecule has 1 aromatic rings. The summed E-state index contributed by atoms with van der Waals surface area (Å²) in [7, 11) is 0. The molecular formula is C9H14ClN3. The third-order valence-electron chi connectivity index (χ3n) is 1.33. The highest BCUT2D eigenvalue weighted by Gasteiger charge is 2.10. The van der Waals surface area contributed by atoms with Crippen molar-refractivity contribution in [2.75, 3.05) is 5.32 Å². The summed E-state index contributed by atoms with van der Waals surface area (Å²) in [6, 6.07) is 1.87. The molecule has 0 unspecified atom stereocenters. The fraction of sp³-hybridized carbons (Fsp3) is 0.556. The molecule has 3 nitrogen and oxygen atoms in total. The highest BCUT2D eigenvalue weighted by atomic mass is 35.5. The van der Waals surface area contributed by atoms with Crippen LogP contribution in [0.2, 0.25) is 5.28 Å². The topological polar surface area (TPSA) is 37.8 Å². The molecule has 72 valence electrons. The van der Waals surface area contributed by atoms with Crippen LogP contribution >= 0.6 is 11.6 Å². The molecule has 0 aliphatic rings. The van der Waals surface area contributed by atoms with E-state index in [1.807, 2.05) is 13.0 Å². The Kier molecular flexibility index (Phi) is 2.76. The number of anilines is 1. The predicted molar refractivity (Wildman–Crippen MR) is 55.2 cm³/mol. The molecule has 0 aromatic carbocycles. The number of aryl methyl sites for hydroxylation is 1. The second-order valence-corrected chi connectivity index (χ2v) is 4.38. The summed E-state index contributed by atoms with van der Waals surface area (Å²) in [5.41, 5.74) is 0.858. The van der Waals surface area contributed by atoms with E-state index >= 15 is 0 Å². The Bertz CT molecular complexity index is 284. The Hall–Kier alpha value is -0.830. The zero-order chi connectivity index (χ0) is 10.1. The largest absolute Gasteiger partial charge is 0.365 e. The summed E-state index contributed by atoms with van der Waals surface area (Å²) in [6.45, 7) is 8.09. The van der Waals surface area contributed by atoms with E-state index in [1.165, 1.54) is 0 Å². The molecular weight excluding hydrogens is 186 g/mol. The molecule has 1 heterocycles. The Morgan fingerprint density at radius 2 is 1.92 bits per heavy atom. The Morgan fingerprint density at radius 3 is 2.38 bits per heavy atom. The van der Waals surface area contributed by atoms with E-state index in [-0.39, 0.29) is 10.8 Å². The molecule has 0 bridgehead atoms. The van der Waals surface area contributed by atoms with Gasteiger partial charge in [0, 0.05) is 17.3 Å². The van der Waals surface area contributed by atoms with Gasteiger partial charge in [0.15, 0.2) is 0 Å². The summed E-state index contributed by atoms with van der Waals surface area (Å²) < 4.78 is 0. The van der Waals surface area contributed by atoms with Crippen molar-refractivity contribution >= 4 is 17.4 Å². The third kappa shape index (κ3) is 3.59. The van der Waals surface area contributed by atoms with E-state index in [9.17, 15) is 0 Å². The summed E-state index contributed by atoms with van der Waals surface area (Å²) in [6.07, 6.45) is 0. The van der Waals surface area contributed by atoms with Crippen molar-refractivity contribution in [3.63, 3.8) is 0 Å². The molecule has 1 aromatic heterocycles. The first-order valence-electron chi connectivity index (χ1n) is 4.16. The normalized spacial score (nSPS) is 11.5. The molecule has 0 saturated heterocycles. The van der Waals surface area contributed by atoms with Crippen molar-refractivity contribution in [1.82, 2.24) is 9.97 Å². The lowest BCUT2D eigenvalue weighted by atomic mass is 10.1. The molecule has 0 amide bonds. The van der Waals surface area contributed by atoms with Gasteiger partial charge in [0.05, 0.1) is 0 Å². The molecule has 0 atom stereocenters. The van der Waals surface area contributed by atoms with Crippen LogP contribution in [0, 0.1) is 6.92 Å². The highest BCUT2D eigenvalue weighted by Crippen LogP contribution is 2.14. The second kappa shape index (κ2) is 3.50. The molecule has 0 fully saturated rings. The van der Waals surface area contributed by atoms with Gasteiger partial charge in [-0.2, -0.15) is 0 Å². The van der Waals surface area contributed by atoms with E-state index in [0.29, 0.717) is 0 Å².